The lowest BCUT2D eigenvalue weighted by molar-refractivity contribution is 0.489. The van der Waals surface area contributed by atoms with E-state index in [0.717, 1.165) is 0 Å². The second kappa shape index (κ2) is 10.4. The van der Waals surface area contributed by atoms with Gasteiger partial charge in [0.05, 0.1) is 0 Å². The van der Waals surface area contributed by atoms with Gasteiger partial charge in [-0.1, -0.05) is 26.2 Å². The molecule has 0 aromatic heterocycles. The Balaban J connectivity index is 3.05. The predicted octanol–water partition coefficient (Wildman–Crippen LogP) is 3.30. The summed E-state index contributed by atoms with van der Waals surface area (Å²) in [7, 11) is 0. The van der Waals surface area contributed by atoms with E-state index in [0.29, 0.717) is 6.04 Å². The van der Waals surface area contributed by atoms with Crippen molar-refractivity contribution in [3.63, 3.8) is 0 Å². The van der Waals surface area contributed by atoms with Crippen molar-refractivity contribution in [1.82, 2.24) is 5.32 Å². The second-order valence-corrected chi connectivity index (χ2v) is 4.68. The van der Waals surface area contributed by atoms with Crippen LogP contribution >= 0.6 is 11.8 Å². The van der Waals surface area contributed by atoms with Gasteiger partial charge in [0, 0.05) is 6.04 Å². The van der Waals surface area contributed by atoms with E-state index in [1.54, 1.807) is 0 Å². The predicted molar refractivity (Wildman–Crippen MR) is 64.6 cm³/mol. The zero-order valence-corrected chi connectivity index (χ0v) is 10.3. The van der Waals surface area contributed by atoms with Crippen LogP contribution in [-0.2, 0) is 0 Å². The summed E-state index contributed by atoms with van der Waals surface area (Å²) in [6, 6.07) is 0.716. The van der Waals surface area contributed by atoms with Crippen molar-refractivity contribution in [1.29, 1.82) is 0 Å². The maximum absolute atomic E-state index is 3.56. The van der Waals surface area contributed by atoms with Gasteiger partial charge in [0.2, 0.25) is 0 Å². The maximum atomic E-state index is 3.56. The standard InChI is InChI=1S/C11H25NS/c1-4-5-6-8-11(2)12-9-7-10-13-3/h11-12H,4-10H2,1-3H3. The number of hydrogen-bond acceptors (Lipinski definition) is 2. The minimum atomic E-state index is 0.716. The third kappa shape index (κ3) is 10.2. The zero-order valence-electron chi connectivity index (χ0n) is 9.44. The summed E-state index contributed by atoms with van der Waals surface area (Å²) < 4.78 is 0. The lowest BCUT2D eigenvalue weighted by Gasteiger charge is -2.12. The van der Waals surface area contributed by atoms with Gasteiger partial charge >= 0.3 is 0 Å². The summed E-state index contributed by atoms with van der Waals surface area (Å²) in [5.74, 6) is 1.29. The van der Waals surface area contributed by atoms with Crippen LogP contribution in [0.1, 0.15) is 46.0 Å². The van der Waals surface area contributed by atoms with Gasteiger partial charge in [0.15, 0.2) is 0 Å². The molecular formula is C11H25NS. The molecule has 1 atom stereocenters. The van der Waals surface area contributed by atoms with Gasteiger partial charge in [0.1, 0.15) is 0 Å². The first kappa shape index (κ1) is 13.3. The Morgan fingerprint density at radius 3 is 2.62 bits per heavy atom. The van der Waals surface area contributed by atoms with Crippen LogP contribution in [0.2, 0.25) is 0 Å². The highest BCUT2D eigenvalue weighted by molar-refractivity contribution is 7.98. The molecule has 0 bridgehead atoms. The van der Waals surface area contributed by atoms with E-state index in [-0.39, 0.29) is 0 Å². The molecule has 0 saturated heterocycles. The first-order valence-corrected chi connectivity index (χ1v) is 6.93. The summed E-state index contributed by atoms with van der Waals surface area (Å²) in [5.41, 5.74) is 0. The Bertz CT molecular complexity index is 96.1. The van der Waals surface area contributed by atoms with Gasteiger partial charge in [-0.15, -0.1) is 0 Å². The molecule has 80 valence electrons. The number of nitrogens with one attached hydrogen (secondary N) is 1. The molecule has 0 saturated carbocycles. The molecule has 0 fully saturated rings. The number of unbranched alkanes of at least 4 members (excludes halogenated alkanes) is 2. The van der Waals surface area contributed by atoms with Gasteiger partial charge in [0.25, 0.3) is 0 Å². The molecule has 0 aliphatic carbocycles. The summed E-state index contributed by atoms with van der Waals surface area (Å²) in [6.07, 6.45) is 8.92. The number of hydrogen-bond donors (Lipinski definition) is 1. The Morgan fingerprint density at radius 1 is 1.23 bits per heavy atom. The minimum Gasteiger partial charge on any atom is -0.314 e. The number of thioether (sulfide) groups is 1. The van der Waals surface area contributed by atoms with Crippen LogP contribution < -0.4 is 5.32 Å². The van der Waals surface area contributed by atoms with Gasteiger partial charge in [-0.25, -0.2) is 0 Å². The quantitative estimate of drug-likeness (QED) is 0.577. The van der Waals surface area contributed by atoms with E-state index < -0.39 is 0 Å². The van der Waals surface area contributed by atoms with Crippen molar-refractivity contribution >= 4 is 11.8 Å². The van der Waals surface area contributed by atoms with E-state index >= 15 is 0 Å². The largest absolute Gasteiger partial charge is 0.314 e. The van der Waals surface area contributed by atoms with Crippen molar-refractivity contribution in [2.75, 3.05) is 18.6 Å². The minimum absolute atomic E-state index is 0.716. The molecular weight excluding hydrogens is 178 g/mol. The molecule has 0 spiro atoms. The highest BCUT2D eigenvalue weighted by Crippen LogP contribution is 2.03. The fourth-order valence-electron chi connectivity index (χ4n) is 1.37. The summed E-state index contributed by atoms with van der Waals surface area (Å²) >= 11 is 1.93. The van der Waals surface area contributed by atoms with Crippen LogP contribution in [0.3, 0.4) is 0 Å². The molecule has 0 rings (SSSR count). The van der Waals surface area contributed by atoms with Crippen molar-refractivity contribution < 1.29 is 0 Å². The van der Waals surface area contributed by atoms with Crippen LogP contribution in [0.15, 0.2) is 0 Å². The lowest BCUT2D eigenvalue weighted by atomic mass is 10.1. The van der Waals surface area contributed by atoms with Crippen molar-refractivity contribution in [3.8, 4) is 0 Å². The first-order chi connectivity index (χ1) is 6.31. The van der Waals surface area contributed by atoms with Crippen LogP contribution in [0.4, 0.5) is 0 Å². The molecule has 0 aromatic carbocycles. The van der Waals surface area contributed by atoms with Gasteiger partial charge in [-0.05, 0) is 38.3 Å². The smallest absolute Gasteiger partial charge is 0.00387 e. The summed E-state index contributed by atoms with van der Waals surface area (Å²) in [4.78, 5) is 0. The van der Waals surface area contributed by atoms with Crippen LogP contribution in [0.5, 0.6) is 0 Å². The van der Waals surface area contributed by atoms with Gasteiger partial charge in [-0.2, -0.15) is 11.8 Å². The molecule has 2 heteroatoms. The monoisotopic (exact) mass is 203 g/mol. The fourth-order valence-corrected chi connectivity index (χ4v) is 1.80. The Morgan fingerprint density at radius 2 is 2.00 bits per heavy atom. The van der Waals surface area contributed by atoms with Crippen LogP contribution in [-0.4, -0.2) is 24.6 Å². The SMILES string of the molecule is CCCCCC(C)NCCCSC. The van der Waals surface area contributed by atoms with Gasteiger partial charge < -0.3 is 5.32 Å². The molecule has 13 heavy (non-hydrogen) atoms. The molecule has 0 amide bonds. The second-order valence-electron chi connectivity index (χ2n) is 3.70. The molecule has 0 heterocycles. The van der Waals surface area contributed by atoms with Gasteiger partial charge in [-0.3, -0.25) is 0 Å². The Hall–Kier alpha value is 0.310. The average molecular weight is 203 g/mol. The first-order valence-electron chi connectivity index (χ1n) is 5.53. The Labute approximate surface area is 88.1 Å². The normalized spacial score (nSPS) is 13.2. The van der Waals surface area contributed by atoms with Crippen molar-refractivity contribution in [2.45, 2.75) is 52.0 Å². The third-order valence-corrected chi connectivity index (χ3v) is 2.96. The number of rotatable bonds is 9. The van der Waals surface area contributed by atoms with Crippen LogP contribution in [0, 0.1) is 0 Å². The van der Waals surface area contributed by atoms with E-state index in [9.17, 15) is 0 Å². The molecule has 1 nitrogen and oxygen atoms in total. The molecule has 1 unspecified atom stereocenters. The molecule has 0 aliphatic rings. The molecule has 0 radical (unpaired) electrons. The summed E-state index contributed by atoms with van der Waals surface area (Å²) in [6.45, 7) is 5.75. The average Bonchev–Trinajstić information content (AvgIpc) is 2.13. The topological polar surface area (TPSA) is 12.0 Å². The molecule has 0 aliphatic heterocycles. The lowest BCUT2D eigenvalue weighted by Crippen LogP contribution is -2.27. The van der Waals surface area contributed by atoms with Crippen LogP contribution in [0.25, 0.3) is 0 Å². The maximum Gasteiger partial charge on any atom is 0.00387 e. The van der Waals surface area contributed by atoms with E-state index in [1.807, 2.05) is 11.8 Å². The van der Waals surface area contributed by atoms with E-state index in [4.69, 9.17) is 0 Å². The highest BCUT2D eigenvalue weighted by atomic mass is 32.2. The highest BCUT2D eigenvalue weighted by Gasteiger charge is 1.99. The summed E-state index contributed by atoms with van der Waals surface area (Å²) in [5, 5.41) is 3.56. The molecule has 0 aromatic rings. The zero-order chi connectivity index (χ0) is 9.94. The van der Waals surface area contributed by atoms with Crippen molar-refractivity contribution in [2.24, 2.45) is 0 Å². The third-order valence-electron chi connectivity index (χ3n) is 2.26. The Kier molecular flexibility index (Phi) is 10.6. The van der Waals surface area contributed by atoms with Crippen molar-refractivity contribution in [3.05, 3.63) is 0 Å². The fraction of sp³-hybridized carbons (Fsp3) is 1.00. The van der Waals surface area contributed by atoms with E-state index in [1.165, 1.54) is 44.4 Å². The molecule has 1 N–H and O–H groups in total. The van der Waals surface area contributed by atoms with E-state index in [2.05, 4.69) is 25.4 Å².